The summed E-state index contributed by atoms with van der Waals surface area (Å²) in [6.07, 6.45) is 0. The molecule has 5 rings (SSSR count). The van der Waals surface area contributed by atoms with E-state index in [9.17, 15) is 0 Å². The van der Waals surface area contributed by atoms with E-state index in [0.29, 0.717) is 5.82 Å². The molecule has 1 aliphatic heterocycles. The number of benzene rings is 1. The molecule has 0 fully saturated rings. The van der Waals surface area contributed by atoms with Crippen LogP contribution < -0.4 is 9.47 Å². The van der Waals surface area contributed by atoms with Crippen molar-refractivity contribution >= 4 is 27.6 Å². The molecule has 0 amide bonds. The Bertz CT molecular complexity index is 1030. The van der Waals surface area contributed by atoms with Gasteiger partial charge in [-0.3, -0.25) is 0 Å². The van der Waals surface area contributed by atoms with Gasteiger partial charge in [0.15, 0.2) is 22.3 Å². The predicted molar refractivity (Wildman–Crippen MR) is 88.3 cm³/mol. The van der Waals surface area contributed by atoms with Crippen molar-refractivity contribution in [2.45, 2.75) is 6.92 Å². The van der Waals surface area contributed by atoms with Gasteiger partial charge >= 0.3 is 0 Å². The fourth-order valence-corrected chi connectivity index (χ4v) is 4.43. The van der Waals surface area contributed by atoms with Gasteiger partial charge in [0.25, 0.3) is 0 Å². The average molecular weight is 342 g/mol. The van der Waals surface area contributed by atoms with Crippen LogP contribution in [0.5, 0.6) is 11.5 Å². The first-order valence-corrected chi connectivity index (χ1v) is 8.66. The number of fused-ring (bicyclic) bond motifs is 2. The van der Waals surface area contributed by atoms with Gasteiger partial charge in [-0.05, 0) is 42.1 Å². The maximum atomic E-state index is 5.43. The molecule has 0 spiro atoms. The van der Waals surface area contributed by atoms with E-state index >= 15 is 0 Å². The van der Waals surface area contributed by atoms with Crippen molar-refractivity contribution in [3.05, 3.63) is 35.2 Å². The van der Waals surface area contributed by atoms with E-state index in [-0.39, 0.29) is 6.79 Å². The Morgan fingerprint density at radius 3 is 2.91 bits per heavy atom. The Balaban J connectivity index is 1.65. The van der Waals surface area contributed by atoms with E-state index < -0.39 is 0 Å². The minimum Gasteiger partial charge on any atom is -0.454 e. The molecule has 1 aromatic carbocycles. The van der Waals surface area contributed by atoms with Crippen molar-refractivity contribution in [1.82, 2.24) is 19.8 Å². The van der Waals surface area contributed by atoms with Crippen molar-refractivity contribution in [3.63, 3.8) is 0 Å². The maximum Gasteiger partial charge on any atom is 0.235 e. The Labute approximate surface area is 138 Å². The van der Waals surface area contributed by atoms with Gasteiger partial charge in [0, 0.05) is 5.56 Å². The van der Waals surface area contributed by atoms with Gasteiger partial charge in [0.05, 0.1) is 4.88 Å². The van der Waals surface area contributed by atoms with Crippen LogP contribution in [0.1, 0.15) is 5.56 Å². The predicted octanol–water partition coefficient (Wildman–Crippen LogP) is 3.62. The summed E-state index contributed by atoms with van der Waals surface area (Å²) in [6, 6.07) is 7.84. The highest BCUT2D eigenvalue weighted by atomic mass is 32.1. The van der Waals surface area contributed by atoms with Crippen LogP contribution in [0.25, 0.3) is 26.2 Å². The molecule has 0 atom stereocenters. The van der Waals surface area contributed by atoms with Gasteiger partial charge in [-0.15, -0.1) is 21.5 Å². The highest BCUT2D eigenvalue weighted by Crippen LogP contribution is 2.37. The van der Waals surface area contributed by atoms with E-state index in [0.717, 1.165) is 27.0 Å². The minimum atomic E-state index is 0.256. The lowest BCUT2D eigenvalue weighted by atomic mass is 10.2. The number of rotatable bonds is 2. The minimum absolute atomic E-state index is 0.256. The van der Waals surface area contributed by atoms with Crippen LogP contribution in [-0.4, -0.2) is 26.6 Å². The lowest BCUT2D eigenvalue weighted by Crippen LogP contribution is -1.93. The second-order valence-electron chi connectivity index (χ2n) is 5.13. The molecule has 23 heavy (non-hydrogen) atoms. The average Bonchev–Trinajstić information content (AvgIpc) is 3.29. The summed E-state index contributed by atoms with van der Waals surface area (Å²) in [5, 5.41) is 16.2. The second-order valence-corrected chi connectivity index (χ2v) is 7.00. The summed E-state index contributed by atoms with van der Waals surface area (Å²) in [7, 11) is 0. The van der Waals surface area contributed by atoms with Crippen molar-refractivity contribution in [1.29, 1.82) is 0 Å². The van der Waals surface area contributed by atoms with Crippen molar-refractivity contribution < 1.29 is 9.47 Å². The third-order valence-corrected chi connectivity index (χ3v) is 5.75. The fourth-order valence-electron chi connectivity index (χ4n) is 2.52. The normalized spacial score (nSPS) is 13.1. The molecule has 8 heteroatoms. The lowest BCUT2D eigenvalue weighted by Gasteiger charge is -1.99. The molecule has 0 saturated carbocycles. The third kappa shape index (κ3) is 1.95. The topological polar surface area (TPSA) is 61.5 Å². The first-order valence-electron chi connectivity index (χ1n) is 6.96. The van der Waals surface area contributed by atoms with E-state index in [1.807, 2.05) is 18.2 Å². The van der Waals surface area contributed by atoms with Gasteiger partial charge in [0.1, 0.15) is 0 Å². The van der Waals surface area contributed by atoms with E-state index in [1.165, 1.54) is 10.4 Å². The molecular formula is C15H10N4O2S2. The summed E-state index contributed by atoms with van der Waals surface area (Å²) in [5.74, 6) is 2.18. The molecule has 4 aromatic rings. The molecule has 0 radical (unpaired) electrons. The van der Waals surface area contributed by atoms with Gasteiger partial charge < -0.3 is 9.47 Å². The number of thiophene rings is 1. The Morgan fingerprint density at radius 1 is 1.13 bits per heavy atom. The SMILES string of the molecule is Cc1ccsc1-c1nn2c(-c3ccc4c(c3)OCO4)nnc2s1. The quantitative estimate of drug-likeness (QED) is 0.557. The summed E-state index contributed by atoms with van der Waals surface area (Å²) >= 11 is 3.23. The van der Waals surface area contributed by atoms with Gasteiger partial charge in [0.2, 0.25) is 11.8 Å². The smallest absolute Gasteiger partial charge is 0.235 e. The first kappa shape index (κ1) is 13.0. The van der Waals surface area contributed by atoms with Crippen LogP contribution in [0.15, 0.2) is 29.6 Å². The Hall–Kier alpha value is -2.45. The summed E-state index contributed by atoms with van der Waals surface area (Å²) in [5.41, 5.74) is 2.13. The Morgan fingerprint density at radius 2 is 2.04 bits per heavy atom. The van der Waals surface area contributed by atoms with E-state index in [1.54, 1.807) is 27.2 Å². The number of ether oxygens (including phenoxy) is 2. The van der Waals surface area contributed by atoms with Crippen LogP contribution in [-0.2, 0) is 0 Å². The summed E-state index contributed by atoms with van der Waals surface area (Å²) < 4.78 is 12.6. The molecule has 3 aromatic heterocycles. The van der Waals surface area contributed by atoms with E-state index in [2.05, 4.69) is 28.6 Å². The zero-order valence-electron chi connectivity index (χ0n) is 12.0. The molecule has 0 bridgehead atoms. The molecule has 0 N–H and O–H groups in total. The second kappa shape index (κ2) is 4.77. The number of aryl methyl sites for hydroxylation is 1. The van der Waals surface area contributed by atoms with Gasteiger partial charge in [-0.2, -0.15) is 9.61 Å². The Kier molecular flexibility index (Phi) is 2.70. The van der Waals surface area contributed by atoms with Crippen LogP contribution in [0.4, 0.5) is 0 Å². The van der Waals surface area contributed by atoms with Gasteiger partial charge in [-0.1, -0.05) is 11.3 Å². The molecule has 0 saturated heterocycles. The van der Waals surface area contributed by atoms with Crippen molar-refractivity contribution in [3.8, 4) is 32.8 Å². The number of hydrogen-bond donors (Lipinski definition) is 0. The largest absolute Gasteiger partial charge is 0.454 e. The lowest BCUT2D eigenvalue weighted by molar-refractivity contribution is 0.174. The molecule has 0 aliphatic carbocycles. The number of nitrogens with zero attached hydrogens (tertiary/aromatic N) is 4. The fraction of sp³-hybridized carbons (Fsp3) is 0.133. The zero-order chi connectivity index (χ0) is 15.4. The summed E-state index contributed by atoms with van der Waals surface area (Å²) in [4.78, 5) is 1.96. The number of aromatic nitrogens is 4. The maximum absolute atomic E-state index is 5.43. The zero-order valence-corrected chi connectivity index (χ0v) is 13.6. The molecule has 0 unspecified atom stereocenters. The molecule has 114 valence electrons. The summed E-state index contributed by atoms with van der Waals surface area (Å²) in [6.45, 7) is 2.35. The third-order valence-electron chi connectivity index (χ3n) is 3.68. The molecule has 1 aliphatic rings. The first-order chi connectivity index (χ1) is 11.3. The standard InChI is InChI=1S/C15H10N4O2S2/c1-8-4-5-22-12(8)14-18-19-13(16-17-15(19)23-14)9-2-3-10-11(6-9)21-7-20-10/h2-6H,7H2,1H3. The highest BCUT2D eigenvalue weighted by Gasteiger charge is 2.19. The van der Waals surface area contributed by atoms with Crippen LogP contribution in [0.2, 0.25) is 0 Å². The van der Waals surface area contributed by atoms with Crippen LogP contribution >= 0.6 is 22.7 Å². The van der Waals surface area contributed by atoms with Gasteiger partial charge in [-0.25, -0.2) is 0 Å². The molecule has 4 heterocycles. The van der Waals surface area contributed by atoms with Crippen LogP contribution in [0, 0.1) is 6.92 Å². The monoisotopic (exact) mass is 342 g/mol. The molecule has 6 nitrogen and oxygen atoms in total. The highest BCUT2D eigenvalue weighted by molar-refractivity contribution is 7.24. The van der Waals surface area contributed by atoms with E-state index in [4.69, 9.17) is 14.6 Å². The molecular weight excluding hydrogens is 332 g/mol. The van der Waals surface area contributed by atoms with Crippen molar-refractivity contribution in [2.75, 3.05) is 6.79 Å². The van der Waals surface area contributed by atoms with Crippen LogP contribution in [0.3, 0.4) is 0 Å². The van der Waals surface area contributed by atoms with Crippen molar-refractivity contribution in [2.24, 2.45) is 0 Å². The number of hydrogen-bond acceptors (Lipinski definition) is 7.